The maximum Gasteiger partial charge on any atom is 0.232 e. The molecule has 2 amide bonds. The van der Waals surface area contributed by atoms with E-state index in [0.717, 1.165) is 60.3 Å². The molecule has 0 aliphatic carbocycles. The Hall–Kier alpha value is -3.55. The zero-order valence-corrected chi connectivity index (χ0v) is 28.1. The fraction of sp³-hybridized carbons (Fsp3) is 0.459. The van der Waals surface area contributed by atoms with Crippen molar-refractivity contribution in [2.24, 2.45) is 5.92 Å². The van der Waals surface area contributed by atoms with Crippen molar-refractivity contribution in [1.82, 2.24) is 9.80 Å². The van der Waals surface area contributed by atoms with Gasteiger partial charge in [0, 0.05) is 23.8 Å². The van der Waals surface area contributed by atoms with Crippen molar-refractivity contribution in [3.05, 3.63) is 87.9 Å². The van der Waals surface area contributed by atoms with E-state index >= 15 is 0 Å². The Bertz CT molecular complexity index is 1490. The van der Waals surface area contributed by atoms with E-state index < -0.39 is 0 Å². The van der Waals surface area contributed by atoms with Crippen LogP contribution in [0, 0.1) is 5.92 Å². The van der Waals surface area contributed by atoms with Gasteiger partial charge in [0.05, 0.1) is 37.6 Å². The topological polar surface area (TPSA) is 62.3 Å². The molecule has 3 aromatic rings. The number of halogens is 1. The summed E-state index contributed by atoms with van der Waals surface area (Å²) in [4.78, 5) is 33.6. The number of benzene rings is 3. The Morgan fingerprint density at radius 2 is 1.76 bits per heavy atom. The number of carbonyl (C=O) groups is 2. The van der Waals surface area contributed by atoms with Gasteiger partial charge in [0.15, 0.2) is 11.5 Å². The fourth-order valence-corrected chi connectivity index (χ4v) is 6.82. The zero-order valence-electron chi connectivity index (χ0n) is 27.4. The first-order valence-electron chi connectivity index (χ1n) is 16.2. The predicted octanol–water partition coefficient (Wildman–Crippen LogP) is 7.46. The molecular formula is C37H46ClN3O4. The van der Waals surface area contributed by atoms with Gasteiger partial charge in [-0.25, -0.2) is 0 Å². The molecule has 2 aliphatic rings. The highest BCUT2D eigenvalue weighted by molar-refractivity contribution is 6.30. The molecule has 0 aromatic heterocycles. The molecule has 1 fully saturated rings. The molecule has 0 bridgehead atoms. The van der Waals surface area contributed by atoms with Crippen LogP contribution in [0.15, 0.2) is 60.7 Å². The van der Waals surface area contributed by atoms with E-state index in [2.05, 4.69) is 37.9 Å². The lowest BCUT2D eigenvalue weighted by atomic mass is 9.86. The molecule has 3 aromatic carbocycles. The van der Waals surface area contributed by atoms with E-state index in [0.29, 0.717) is 23.1 Å². The summed E-state index contributed by atoms with van der Waals surface area (Å²) in [5.74, 6) is 1.53. The van der Waals surface area contributed by atoms with Gasteiger partial charge in [0.25, 0.3) is 0 Å². The van der Waals surface area contributed by atoms with Gasteiger partial charge in [-0.2, -0.15) is 0 Å². The highest BCUT2D eigenvalue weighted by atomic mass is 35.5. The molecule has 0 spiro atoms. The van der Waals surface area contributed by atoms with Crippen molar-refractivity contribution in [3.63, 3.8) is 0 Å². The number of nitrogens with zero attached hydrogens (tertiary/aromatic N) is 3. The van der Waals surface area contributed by atoms with E-state index in [-0.39, 0.29) is 42.3 Å². The quantitative estimate of drug-likeness (QED) is 0.233. The van der Waals surface area contributed by atoms with Crippen LogP contribution in [0.4, 0.5) is 5.69 Å². The number of fused-ring (bicyclic) bond motifs is 1. The number of rotatable bonds is 10. The lowest BCUT2D eigenvalue weighted by molar-refractivity contribution is -0.139. The van der Waals surface area contributed by atoms with E-state index in [1.54, 1.807) is 7.11 Å². The monoisotopic (exact) mass is 631 g/mol. The molecule has 240 valence electrons. The van der Waals surface area contributed by atoms with Gasteiger partial charge >= 0.3 is 0 Å². The standard InChI is InChI=1S/C37H46ClN3O4/c1-7-24(3)45-34-22-32-29(20-33(34)44-6)21-35(42)41(36(32)27-11-15-30(38)16-12-27)31-17-13-26(14-18-31)25(4)40(8-2)37(43)28-10-9-19-39(5)23-28/h11-18,20,22,24-25,28,36H,7-10,19,21,23H2,1-6H3/t24-,25?,28?,36?/m1/s1. The van der Waals surface area contributed by atoms with Crippen LogP contribution in [0.5, 0.6) is 11.5 Å². The number of hydrogen-bond acceptors (Lipinski definition) is 5. The fourth-order valence-electron chi connectivity index (χ4n) is 6.69. The summed E-state index contributed by atoms with van der Waals surface area (Å²) in [5.41, 5.74) is 4.70. The van der Waals surface area contributed by atoms with E-state index in [4.69, 9.17) is 21.1 Å². The summed E-state index contributed by atoms with van der Waals surface area (Å²) >= 11 is 6.29. The number of ether oxygens (including phenoxy) is 2. The molecule has 1 saturated heterocycles. The highest BCUT2D eigenvalue weighted by Crippen LogP contribution is 2.44. The smallest absolute Gasteiger partial charge is 0.232 e. The predicted molar refractivity (Wildman–Crippen MR) is 180 cm³/mol. The van der Waals surface area contributed by atoms with Gasteiger partial charge in [-0.3, -0.25) is 9.59 Å². The second-order valence-corrected chi connectivity index (χ2v) is 12.9. The first kappa shape index (κ1) is 32.8. The summed E-state index contributed by atoms with van der Waals surface area (Å²) in [5, 5.41) is 0.636. The molecular weight excluding hydrogens is 586 g/mol. The Morgan fingerprint density at radius 1 is 1.04 bits per heavy atom. The largest absolute Gasteiger partial charge is 0.493 e. The number of piperidine rings is 1. The Morgan fingerprint density at radius 3 is 2.38 bits per heavy atom. The van der Waals surface area contributed by atoms with Crippen LogP contribution in [-0.2, 0) is 16.0 Å². The first-order chi connectivity index (χ1) is 21.6. The van der Waals surface area contributed by atoms with Crippen molar-refractivity contribution in [2.75, 3.05) is 38.7 Å². The number of methoxy groups -OCH3 is 1. The molecule has 0 radical (unpaired) electrons. The second kappa shape index (κ2) is 14.3. The van der Waals surface area contributed by atoms with Crippen molar-refractivity contribution in [1.29, 1.82) is 0 Å². The Balaban J connectivity index is 1.50. The number of amides is 2. The molecule has 8 heteroatoms. The SMILES string of the molecule is CC[C@@H](C)Oc1cc2c(cc1OC)CC(=O)N(c1ccc(C(C)N(CC)C(=O)C3CCCN(C)C3)cc1)C2c1ccc(Cl)cc1. The molecule has 45 heavy (non-hydrogen) atoms. The Labute approximate surface area is 273 Å². The van der Waals surface area contributed by atoms with Crippen LogP contribution in [0.25, 0.3) is 0 Å². The molecule has 7 nitrogen and oxygen atoms in total. The summed E-state index contributed by atoms with van der Waals surface area (Å²) in [6.07, 6.45) is 3.09. The van der Waals surface area contributed by atoms with E-state index in [1.807, 2.05) is 72.2 Å². The average molecular weight is 632 g/mol. The minimum absolute atomic E-state index is 0.00678. The van der Waals surface area contributed by atoms with Crippen molar-refractivity contribution in [3.8, 4) is 11.5 Å². The summed E-state index contributed by atoms with van der Waals surface area (Å²) in [6.45, 7) is 10.8. The normalized spacial score (nSPS) is 19.9. The summed E-state index contributed by atoms with van der Waals surface area (Å²) in [7, 11) is 3.72. The summed E-state index contributed by atoms with van der Waals surface area (Å²) < 4.78 is 12.0. The van der Waals surface area contributed by atoms with Crippen molar-refractivity contribution >= 4 is 29.1 Å². The maximum atomic E-state index is 14.0. The minimum Gasteiger partial charge on any atom is -0.493 e. The summed E-state index contributed by atoms with van der Waals surface area (Å²) in [6, 6.07) is 19.3. The average Bonchev–Trinajstić information content (AvgIpc) is 3.04. The van der Waals surface area contributed by atoms with Crippen LogP contribution in [-0.4, -0.2) is 61.5 Å². The molecule has 2 aliphatic heterocycles. The lowest BCUT2D eigenvalue weighted by Crippen LogP contribution is -2.44. The molecule has 2 heterocycles. The van der Waals surface area contributed by atoms with E-state index in [1.165, 1.54) is 0 Å². The van der Waals surface area contributed by atoms with Gasteiger partial charge < -0.3 is 24.2 Å². The molecule has 0 N–H and O–H groups in total. The highest BCUT2D eigenvalue weighted by Gasteiger charge is 2.36. The third kappa shape index (κ3) is 7.00. The molecule has 5 rings (SSSR count). The van der Waals surface area contributed by atoms with Crippen LogP contribution in [0.1, 0.15) is 81.3 Å². The maximum absolute atomic E-state index is 14.0. The van der Waals surface area contributed by atoms with Gasteiger partial charge in [-0.05, 0) is 112 Å². The second-order valence-electron chi connectivity index (χ2n) is 12.4. The third-order valence-corrected chi connectivity index (χ3v) is 9.65. The van der Waals surface area contributed by atoms with Crippen LogP contribution < -0.4 is 14.4 Å². The van der Waals surface area contributed by atoms with E-state index in [9.17, 15) is 9.59 Å². The molecule has 3 unspecified atom stereocenters. The van der Waals surface area contributed by atoms with Crippen LogP contribution in [0.3, 0.4) is 0 Å². The van der Waals surface area contributed by atoms with Gasteiger partial charge in [-0.15, -0.1) is 0 Å². The van der Waals surface area contributed by atoms with Crippen LogP contribution >= 0.6 is 11.6 Å². The lowest BCUT2D eigenvalue weighted by Gasteiger charge is -2.38. The minimum atomic E-state index is -0.385. The molecule has 0 saturated carbocycles. The zero-order chi connectivity index (χ0) is 32.2. The first-order valence-corrected chi connectivity index (χ1v) is 16.6. The van der Waals surface area contributed by atoms with Gasteiger partial charge in [0.2, 0.25) is 11.8 Å². The van der Waals surface area contributed by atoms with Gasteiger partial charge in [0.1, 0.15) is 0 Å². The number of anilines is 1. The van der Waals surface area contributed by atoms with Crippen molar-refractivity contribution in [2.45, 2.75) is 71.6 Å². The third-order valence-electron chi connectivity index (χ3n) is 9.40. The Kier molecular flexibility index (Phi) is 10.4. The molecule has 4 atom stereocenters. The number of likely N-dealkylation sites (tertiary alicyclic amines) is 1. The van der Waals surface area contributed by atoms with Gasteiger partial charge in [-0.1, -0.05) is 42.8 Å². The van der Waals surface area contributed by atoms with Crippen LogP contribution in [0.2, 0.25) is 5.02 Å². The number of carbonyl (C=O) groups excluding carboxylic acids is 2. The van der Waals surface area contributed by atoms with Crippen molar-refractivity contribution < 1.29 is 19.1 Å². The number of hydrogen-bond donors (Lipinski definition) is 0.